The summed E-state index contributed by atoms with van der Waals surface area (Å²) in [5, 5.41) is -0.250. The number of aryl methyl sites for hydroxylation is 1. The molecule has 5 heteroatoms. The summed E-state index contributed by atoms with van der Waals surface area (Å²) < 4.78 is 36.3. The molecule has 1 heterocycles. The Bertz CT molecular complexity index is 738. The molecule has 170 valence electrons. The van der Waals surface area contributed by atoms with E-state index in [9.17, 15) is 8.42 Å². The normalized spacial score (nSPS) is 30.4. The van der Waals surface area contributed by atoms with E-state index in [2.05, 4.69) is 38.1 Å². The van der Waals surface area contributed by atoms with Gasteiger partial charge in [-0.2, -0.15) is 0 Å². The van der Waals surface area contributed by atoms with Crippen LogP contribution in [0.25, 0.3) is 0 Å². The Kier molecular flexibility index (Phi) is 8.25. The minimum absolute atomic E-state index is 0.240. The van der Waals surface area contributed by atoms with Crippen molar-refractivity contribution in [3.63, 3.8) is 0 Å². The molecule has 2 atom stereocenters. The van der Waals surface area contributed by atoms with Gasteiger partial charge in [0.05, 0.1) is 23.2 Å². The summed E-state index contributed by atoms with van der Waals surface area (Å²) in [6, 6.07) is 8.60. The van der Waals surface area contributed by atoms with Gasteiger partial charge in [0, 0.05) is 12.8 Å². The molecule has 1 saturated carbocycles. The van der Waals surface area contributed by atoms with Gasteiger partial charge >= 0.3 is 0 Å². The van der Waals surface area contributed by atoms with Crippen LogP contribution in [0.5, 0.6) is 5.75 Å². The van der Waals surface area contributed by atoms with Crippen LogP contribution in [0.3, 0.4) is 0 Å². The number of hydrogen-bond donors (Lipinski definition) is 0. The van der Waals surface area contributed by atoms with Crippen molar-refractivity contribution < 1.29 is 17.9 Å². The molecule has 0 radical (unpaired) electrons. The third-order valence-electron chi connectivity index (χ3n) is 6.87. The molecule has 0 aromatic heterocycles. The maximum absolute atomic E-state index is 12.2. The average molecular weight is 437 g/mol. The average Bonchev–Trinajstić information content (AvgIpc) is 2.67. The lowest BCUT2D eigenvalue weighted by molar-refractivity contribution is -0.0721. The van der Waals surface area contributed by atoms with E-state index in [0.29, 0.717) is 11.7 Å². The monoisotopic (exact) mass is 436 g/mol. The zero-order chi connectivity index (χ0) is 21.7. The molecule has 30 heavy (non-hydrogen) atoms. The summed E-state index contributed by atoms with van der Waals surface area (Å²) in [6.45, 7) is 7.82. The maximum atomic E-state index is 12.2. The van der Waals surface area contributed by atoms with E-state index in [-0.39, 0.29) is 23.6 Å². The number of benzene rings is 1. The largest absolute Gasteiger partial charge is 0.490 e. The molecule has 0 amide bonds. The predicted molar refractivity (Wildman–Crippen MR) is 123 cm³/mol. The van der Waals surface area contributed by atoms with Crippen LogP contribution < -0.4 is 4.74 Å². The molecule has 2 fully saturated rings. The van der Waals surface area contributed by atoms with E-state index in [1.54, 1.807) is 13.8 Å². The minimum atomic E-state index is -2.91. The Morgan fingerprint density at radius 1 is 0.967 bits per heavy atom. The van der Waals surface area contributed by atoms with Gasteiger partial charge in [-0.25, -0.2) is 8.42 Å². The molecular weight excluding hydrogens is 396 g/mol. The highest BCUT2D eigenvalue weighted by Crippen LogP contribution is 2.33. The highest BCUT2D eigenvalue weighted by atomic mass is 32.2. The first-order valence-electron chi connectivity index (χ1n) is 11.8. The number of sulfone groups is 1. The molecule has 1 aromatic carbocycles. The molecule has 1 aromatic rings. The second-order valence-electron chi connectivity index (χ2n) is 9.92. The summed E-state index contributed by atoms with van der Waals surface area (Å²) >= 11 is 0. The molecule has 2 unspecified atom stereocenters. The van der Waals surface area contributed by atoms with Crippen LogP contribution in [-0.4, -0.2) is 37.7 Å². The third-order valence-corrected chi connectivity index (χ3v) is 9.25. The van der Waals surface area contributed by atoms with Gasteiger partial charge < -0.3 is 9.47 Å². The Morgan fingerprint density at radius 2 is 1.53 bits per heavy atom. The van der Waals surface area contributed by atoms with Crippen molar-refractivity contribution in [3.05, 3.63) is 29.8 Å². The van der Waals surface area contributed by atoms with Crippen LogP contribution >= 0.6 is 0 Å². The van der Waals surface area contributed by atoms with Gasteiger partial charge in [-0.15, -0.1) is 0 Å². The Balaban J connectivity index is 1.39. The van der Waals surface area contributed by atoms with E-state index in [1.807, 2.05) is 0 Å². The van der Waals surface area contributed by atoms with Crippen LogP contribution in [0.15, 0.2) is 24.3 Å². The van der Waals surface area contributed by atoms with Gasteiger partial charge in [-0.3, -0.25) is 0 Å². The third kappa shape index (κ3) is 6.98. The van der Waals surface area contributed by atoms with Gasteiger partial charge in [0.1, 0.15) is 11.9 Å². The molecule has 2 aliphatic rings. The molecule has 0 bridgehead atoms. The van der Waals surface area contributed by atoms with Gasteiger partial charge in [-0.05, 0) is 82.9 Å². The van der Waals surface area contributed by atoms with Gasteiger partial charge in [0.25, 0.3) is 0 Å². The second-order valence-corrected chi connectivity index (χ2v) is 12.5. The Hall–Kier alpha value is -1.07. The quantitative estimate of drug-likeness (QED) is 0.533. The zero-order valence-electron chi connectivity index (χ0n) is 19.2. The van der Waals surface area contributed by atoms with E-state index >= 15 is 0 Å². The highest BCUT2D eigenvalue weighted by molar-refractivity contribution is 7.91. The topological polar surface area (TPSA) is 52.6 Å². The Morgan fingerprint density at radius 3 is 2.10 bits per heavy atom. The first kappa shape index (κ1) is 23.6. The van der Waals surface area contributed by atoms with Crippen molar-refractivity contribution in [1.82, 2.24) is 0 Å². The van der Waals surface area contributed by atoms with Gasteiger partial charge in [0.15, 0.2) is 9.84 Å². The fraction of sp³-hybridized carbons (Fsp3) is 0.760. The van der Waals surface area contributed by atoms with Crippen LogP contribution in [-0.2, 0) is 21.0 Å². The first-order chi connectivity index (χ1) is 14.2. The smallest absolute Gasteiger partial charge is 0.152 e. The van der Waals surface area contributed by atoms with E-state index < -0.39 is 9.84 Å². The van der Waals surface area contributed by atoms with Crippen molar-refractivity contribution in [2.24, 2.45) is 11.8 Å². The molecule has 3 rings (SSSR count). The predicted octanol–water partition coefficient (Wildman–Crippen LogP) is 5.58. The van der Waals surface area contributed by atoms with Crippen molar-refractivity contribution in [2.75, 3.05) is 5.75 Å². The standard InChI is InChI=1S/C25H40O4S/c1-18(2)30(26,27)17-23-9-7-21(8-10-23)5-6-22-11-13-24(14-12-22)29-25-15-19(3)28-20(4)16-25/h11-14,18-21,23,25H,5-10,15-17H2,1-4H3. The lowest BCUT2D eigenvalue weighted by Crippen LogP contribution is -2.35. The van der Waals surface area contributed by atoms with Crippen molar-refractivity contribution in [3.8, 4) is 5.75 Å². The lowest BCUT2D eigenvalue weighted by atomic mass is 9.80. The highest BCUT2D eigenvalue weighted by Gasteiger charge is 2.27. The fourth-order valence-corrected chi connectivity index (χ4v) is 6.32. The fourth-order valence-electron chi connectivity index (χ4n) is 4.95. The van der Waals surface area contributed by atoms with E-state index in [4.69, 9.17) is 9.47 Å². The lowest BCUT2D eigenvalue weighted by Gasteiger charge is -2.32. The first-order valence-corrected chi connectivity index (χ1v) is 13.6. The summed E-state index contributed by atoms with van der Waals surface area (Å²) in [6.07, 6.45) is 9.40. The van der Waals surface area contributed by atoms with Gasteiger partial charge in [-0.1, -0.05) is 25.0 Å². The van der Waals surface area contributed by atoms with E-state index in [0.717, 1.165) is 43.8 Å². The molecule has 1 aliphatic carbocycles. The molecule has 4 nitrogen and oxygen atoms in total. The van der Waals surface area contributed by atoms with Crippen molar-refractivity contribution in [2.45, 2.75) is 103 Å². The molecule has 1 aliphatic heterocycles. The molecule has 0 N–H and O–H groups in total. The van der Waals surface area contributed by atoms with Crippen LogP contribution in [0.1, 0.15) is 78.2 Å². The van der Waals surface area contributed by atoms with Crippen molar-refractivity contribution in [1.29, 1.82) is 0 Å². The Labute approximate surface area is 183 Å². The molecule has 1 saturated heterocycles. The SMILES string of the molecule is CC1CC(Oc2ccc(CCC3CCC(CS(=O)(=O)C(C)C)CC3)cc2)CC(C)O1. The number of rotatable bonds is 8. The minimum Gasteiger partial charge on any atom is -0.490 e. The second kappa shape index (κ2) is 10.5. The van der Waals surface area contributed by atoms with Gasteiger partial charge in [0.2, 0.25) is 0 Å². The van der Waals surface area contributed by atoms with Crippen LogP contribution in [0.2, 0.25) is 0 Å². The summed E-state index contributed by atoms with van der Waals surface area (Å²) in [4.78, 5) is 0. The summed E-state index contributed by atoms with van der Waals surface area (Å²) in [7, 11) is -2.91. The van der Waals surface area contributed by atoms with Crippen LogP contribution in [0.4, 0.5) is 0 Å². The van der Waals surface area contributed by atoms with E-state index in [1.165, 1.54) is 24.8 Å². The van der Waals surface area contributed by atoms with Crippen LogP contribution in [0, 0.1) is 11.8 Å². The molecular formula is C25H40O4S. The summed E-state index contributed by atoms with van der Waals surface area (Å²) in [5.74, 6) is 2.42. The van der Waals surface area contributed by atoms with Crippen molar-refractivity contribution >= 4 is 9.84 Å². The number of ether oxygens (including phenoxy) is 2. The zero-order valence-corrected chi connectivity index (χ0v) is 20.0. The molecule has 0 spiro atoms. The summed E-state index contributed by atoms with van der Waals surface area (Å²) in [5.41, 5.74) is 1.36. The maximum Gasteiger partial charge on any atom is 0.152 e. The number of hydrogen-bond acceptors (Lipinski definition) is 4.